The van der Waals surface area contributed by atoms with Crippen LogP contribution >= 0.6 is 11.6 Å². The molecule has 1 atom stereocenters. The van der Waals surface area contributed by atoms with Crippen LogP contribution in [0.2, 0.25) is 5.02 Å². The highest BCUT2D eigenvalue weighted by Gasteiger charge is 2.30. The van der Waals surface area contributed by atoms with Crippen molar-refractivity contribution in [3.05, 3.63) is 83.1 Å². The molecule has 33 heavy (non-hydrogen) atoms. The molecule has 1 saturated heterocycles. The van der Waals surface area contributed by atoms with Gasteiger partial charge in [0.25, 0.3) is 0 Å². The van der Waals surface area contributed by atoms with E-state index in [1.54, 1.807) is 4.68 Å². The lowest BCUT2D eigenvalue weighted by Gasteiger charge is -2.23. The van der Waals surface area contributed by atoms with Crippen LogP contribution in [0.3, 0.4) is 0 Å². The summed E-state index contributed by atoms with van der Waals surface area (Å²) in [6, 6.07) is 19.7. The number of benzene rings is 3. The molecule has 0 aliphatic carbocycles. The number of aromatic nitrogens is 2. The van der Waals surface area contributed by atoms with Gasteiger partial charge >= 0.3 is 0 Å². The van der Waals surface area contributed by atoms with Gasteiger partial charge in [-0.25, -0.2) is 0 Å². The minimum Gasteiger partial charge on any atom is -0.487 e. The zero-order valence-corrected chi connectivity index (χ0v) is 18.8. The maximum Gasteiger partial charge on any atom is 0.234 e. The standard InChI is InChI=1S/C26H22ClN3O3/c1-30-12-11-19(29-30)15-33-20-8-7-16-13-18(6-5-17(16)14-20)21-3-2-4-22(25(21)27)23-9-10-24(31)28-26(23)32/h2-8,11-14,23H,9-10,15H2,1H3,(H,28,31,32). The first-order valence-corrected chi connectivity index (χ1v) is 11.1. The van der Waals surface area contributed by atoms with Crippen LogP contribution in [-0.2, 0) is 23.2 Å². The first-order chi connectivity index (χ1) is 16.0. The Hall–Kier alpha value is -3.64. The second-order valence-corrected chi connectivity index (χ2v) is 8.58. The van der Waals surface area contributed by atoms with Crippen molar-refractivity contribution in [2.45, 2.75) is 25.4 Å². The molecule has 1 aromatic heterocycles. The molecule has 1 unspecified atom stereocenters. The SMILES string of the molecule is Cn1ccc(COc2ccc3cc(-c4cccc(C5CCC(=O)NC5=O)c4Cl)ccc3c2)n1. The van der Waals surface area contributed by atoms with Crippen molar-refractivity contribution in [3.8, 4) is 16.9 Å². The van der Waals surface area contributed by atoms with Gasteiger partial charge in [0.05, 0.1) is 16.6 Å². The molecule has 4 aromatic rings. The number of amides is 2. The van der Waals surface area contributed by atoms with E-state index < -0.39 is 5.92 Å². The molecule has 2 heterocycles. The molecule has 0 bridgehead atoms. The molecule has 3 aromatic carbocycles. The summed E-state index contributed by atoms with van der Waals surface area (Å²) in [7, 11) is 1.88. The molecule has 0 spiro atoms. The van der Waals surface area contributed by atoms with Crippen molar-refractivity contribution < 1.29 is 14.3 Å². The van der Waals surface area contributed by atoms with Gasteiger partial charge in [-0.05, 0) is 52.6 Å². The predicted octanol–water partition coefficient (Wildman–Crippen LogP) is 4.99. The average Bonchev–Trinajstić information content (AvgIpc) is 3.23. The number of nitrogens with zero attached hydrogens (tertiary/aromatic N) is 2. The van der Waals surface area contributed by atoms with E-state index in [2.05, 4.69) is 16.5 Å². The molecular weight excluding hydrogens is 438 g/mol. The maximum absolute atomic E-state index is 12.3. The highest BCUT2D eigenvalue weighted by molar-refractivity contribution is 6.34. The normalized spacial score (nSPS) is 16.1. The number of carbonyl (C=O) groups is 2. The molecule has 6 nitrogen and oxygen atoms in total. The Balaban J connectivity index is 1.41. The number of ether oxygens (including phenoxy) is 1. The van der Waals surface area contributed by atoms with Crippen molar-refractivity contribution in [2.75, 3.05) is 0 Å². The molecule has 1 N–H and O–H groups in total. The van der Waals surface area contributed by atoms with E-state index in [1.165, 1.54) is 0 Å². The summed E-state index contributed by atoms with van der Waals surface area (Å²) in [5.74, 6) is -0.170. The summed E-state index contributed by atoms with van der Waals surface area (Å²) in [5.41, 5.74) is 3.44. The van der Waals surface area contributed by atoms with Crippen LogP contribution in [-0.4, -0.2) is 21.6 Å². The Morgan fingerprint density at radius 1 is 1.09 bits per heavy atom. The van der Waals surface area contributed by atoms with Gasteiger partial charge in [0.2, 0.25) is 11.8 Å². The molecule has 166 valence electrons. The number of rotatable bonds is 5. The van der Waals surface area contributed by atoms with Gasteiger partial charge < -0.3 is 4.74 Å². The third-order valence-electron chi connectivity index (χ3n) is 5.92. The number of nitrogens with one attached hydrogen (secondary N) is 1. The minimum atomic E-state index is -0.422. The van der Waals surface area contributed by atoms with Gasteiger partial charge in [0, 0.05) is 25.2 Å². The zero-order valence-electron chi connectivity index (χ0n) is 18.0. The fourth-order valence-electron chi connectivity index (χ4n) is 4.21. The second kappa shape index (κ2) is 8.71. The lowest BCUT2D eigenvalue weighted by molar-refractivity contribution is -0.134. The largest absolute Gasteiger partial charge is 0.487 e. The molecule has 5 rings (SSSR count). The molecule has 1 aliphatic heterocycles. The lowest BCUT2D eigenvalue weighted by atomic mass is 9.88. The third kappa shape index (κ3) is 4.34. The summed E-state index contributed by atoms with van der Waals surface area (Å²) in [6.07, 6.45) is 2.67. The van der Waals surface area contributed by atoms with Crippen molar-refractivity contribution >= 4 is 34.2 Å². The molecule has 0 radical (unpaired) electrons. The van der Waals surface area contributed by atoms with Crippen molar-refractivity contribution in [3.63, 3.8) is 0 Å². The summed E-state index contributed by atoms with van der Waals surface area (Å²) in [5, 5.41) is 9.39. The van der Waals surface area contributed by atoms with E-state index in [9.17, 15) is 9.59 Å². The predicted molar refractivity (Wildman–Crippen MR) is 127 cm³/mol. The Morgan fingerprint density at radius 3 is 2.70 bits per heavy atom. The molecular formula is C26H22ClN3O3. The van der Waals surface area contributed by atoms with E-state index >= 15 is 0 Å². The van der Waals surface area contributed by atoms with Crippen molar-refractivity contribution in [1.29, 1.82) is 0 Å². The fraction of sp³-hybridized carbons (Fsp3) is 0.192. The first-order valence-electron chi connectivity index (χ1n) is 10.8. The number of imide groups is 1. The highest BCUT2D eigenvalue weighted by Crippen LogP contribution is 2.38. The lowest BCUT2D eigenvalue weighted by Crippen LogP contribution is -2.39. The topological polar surface area (TPSA) is 73.2 Å². The smallest absolute Gasteiger partial charge is 0.234 e. The number of halogens is 1. The number of aryl methyl sites for hydroxylation is 1. The first kappa shape index (κ1) is 21.2. The summed E-state index contributed by atoms with van der Waals surface area (Å²) in [4.78, 5) is 23.9. The summed E-state index contributed by atoms with van der Waals surface area (Å²) in [6.45, 7) is 0.410. The van der Waals surface area contributed by atoms with E-state index in [4.69, 9.17) is 16.3 Å². The van der Waals surface area contributed by atoms with Crippen LogP contribution < -0.4 is 10.1 Å². The van der Waals surface area contributed by atoms with Gasteiger partial charge in [-0.1, -0.05) is 48.0 Å². The van der Waals surface area contributed by atoms with Crippen LogP contribution in [0.1, 0.15) is 30.0 Å². The quantitative estimate of drug-likeness (QED) is 0.426. The second-order valence-electron chi connectivity index (χ2n) is 8.21. The minimum absolute atomic E-state index is 0.235. The van der Waals surface area contributed by atoms with Crippen molar-refractivity contribution in [2.24, 2.45) is 7.05 Å². The Morgan fingerprint density at radius 2 is 1.91 bits per heavy atom. The highest BCUT2D eigenvalue weighted by atomic mass is 35.5. The Labute approximate surface area is 196 Å². The summed E-state index contributed by atoms with van der Waals surface area (Å²) < 4.78 is 7.64. The summed E-state index contributed by atoms with van der Waals surface area (Å²) >= 11 is 6.76. The molecule has 1 aliphatic rings. The van der Waals surface area contributed by atoms with E-state index in [0.29, 0.717) is 24.5 Å². The monoisotopic (exact) mass is 459 g/mol. The van der Waals surface area contributed by atoms with Crippen molar-refractivity contribution in [1.82, 2.24) is 15.1 Å². The zero-order chi connectivity index (χ0) is 22.9. The number of hydrogen-bond donors (Lipinski definition) is 1. The number of fused-ring (bicyclic) bond motifs is 1. The van der Waals surface area contributed by atoms with Crippen LogP contribution in [0.15, 0.2) is 66.9 Å². The van der Waals surface area contributed by atoms with E-state index in [1.807, 2.05) is 67.8 Å². The number of hydrogen-bond acceptors (Lipinski definition) is 4. The van der Waals surface area contributed by atoms with Gasteiger partial charge in [-0.3, -0.25) is 19.6 Å². The molecule has 0 saturated carbocycles. The van der Waals surface area contributed by atoms with Gasteiger partial charge in [-0.15, -0.1) is 0 Å². The Kier molecular flexibility index (Phi) is 5.60. The van der Waals surface area contributed by atoms with Gasteiger partial charge in [0.15, 0.2) is 0 Å². The van der Waals surface area contributed by atoms with Crippen LogP contribution in [0.5, 0.6) is 5.75 Å². The van der Waals surface area contributed by atoms with Crippen LogP contribution in [0.4, 0.5) is 0 Å². The number of piperidine rings is 1. The number of carbonyl (C=O) groups excluding carboxylic acids is 2. The van der Waals surface area contributed by atoms with Gasteiger partial charge in [-0.2, -0.15) is 5.10 Å². The maximum atomic E-state index is 12.3. The van der Waals surface area contributed by atoms with Crippen LogP contribution in [0, 0.1) is 0 Å². The van der Waals surface area contributed by atoms with Crippen LogP contribution in [0.25, 0.3) is 21.9 Å². The fourth-order valence-corrected chi connectivity index (χ4v) is 4.58. The third-order valence-corrected chi connectivity index (χ3v) is 6.34. The molecule has 2 amide bonds. The molecule has 7 heteroatoms. The average molecular weight is 460 g/mol. The van der Waals surface area contributed by atoms with Gasteiger partial charge in [0.1, 0.15) is 12.4 Å². The molecule has 1 fully saturated rings. The van der Waals surface area contributed by atoms with E-state index in [-0.39, 0.29) is 11.8 Å². The Bertz CT molecular complexity index is 1380. The van der Waals surface area contributed by atoms with E-state index in [0.717, 1.165) is 38.9 Å².